The Bertz CT molecular complexity index is 198. The highest BCUT2D eigenvalue weighted by atomic mass is 16.5. The summed E-state index contributed by atoms with van der Waals surface area (Å²) >= 11 is 0. The number of methoxy groups -OCH3 is 1. The molecule has 76 valence electrons. The van der Waals surface area contributed by atoms with Crippen LogP contribution in [-0.2, 0) is 9.53 Å². The van der Waals surface area contributed by atoms with Gasteiger partial charge in [0.15, 0.2) is 0 Å². The Morgan fingerprint density at radius 1 is 1.38 bits per heavy atom. The second kappa shape index (κ2) is 4.69. The van der Waals surface area contributed by atoms with Crippen molar-refractivity contribution in [2.45, 2.75) is 32.2 Å². The van der Waals surface area contributed by atoms with Crippen LogP contribution in [0.1, 0.15) is 26.7 Å². The van der Waals surface area contributed by atoms with Crippen LogP contribution in [-0.4, -0.2) is 29.8 Å². The van der Waals surface area contributed by atoms with Crippen molar-refractivity contribution in [3.63, 3.8) is 0 Å². The van der Waals surface area contributed by atoms with E-state index in [1.54, 1.807) is 13.8 Å². The fourth-order valence-corrected chi connectivity index (χ4v) is 1.03. The van der Waals surface area contributed by atoms with Gasteiger partial charge < -0.3 is 15.2 Å². The summed E-state index contributed by atoms with van der Waals surface area (Å²) in [4.78, 5) is 21.7. The van der Waals surface area contributed by atoms with Crippen LogP contribution in [0, 0.1) is 0 Å². The third kappa shape index (κ3) is 2.61. The first-order valence-electron chi connectivity index (χ1n) is 4.12. The van der Waals surface area contributed by atoms with Crippen molar-refractivity contribution in [3.05, 3.63) is 0 Å². The summed E-state index contributed by atoms with van der Waals surface area (Å²) in [6, 6.07) is 0. The molecule has 0 aliphatic heterocycles. The number of rotatable bonds is 4. The van der Waals surface area contributed by atoms with E-state index in [9.17, 15) is 9.59 Å². The maximum Gasteiger partial charge on any atom is 0.407 e. The standard InChI is InChI=1S/C8H15NO4/c1-4-8(5-2,6(10)11)9-7(12)13-3/h4-5H2,1-3H3,(H,9,12)(H,10,11). The van der Waals surface area contributed by atoms with Crippen molar-refractivity contribution in [2.75, 3.05) is 7.11 Å². The molecule has 0 aromatic carbocycles. The van der Waals surface area contributed by atoms with E-state index in [0.717, 1.165) is 0 Å². The van der Waals surface area contributed by atoms with Crippen molar-refractivity contribution in [1.29, 1.82) is 0 Å². The SMILES string of the molecule is CCC(CC)(NC(=O)OC)C(=O)O. The largest absolute Gasteiger partial charge is 0.480 e. The van der Waals surface area contributed by atoms with Gasteiger partial charge in [-0.25, -0.2) is 9.59 Å². The summed E-state index contributed by atoms with van der Waals surface area (Å²) < 4.78 is 4.35. The molecule has 2 N–H and O–H groups in total. The van der Waals surface area contributed by atoms with Gasteiger partial charge in [-0.1, -0.05) is 13.8 Å². The van der Waals surface area contributed by atoms with Crippen molar-refractivity contribution < 1.29 is 19.4 Å². The number of nitrogens with one attached hydrogen (secondary N) is 1. The molecule has 0 aromatic rings. The lowest BCUT2D eigenvalue weighted by Crippen LogP contribution is -2.53. The average molecular weight is 189 g/mol. The second-order valence-electron chi connectivity index (χ2n) is 2.71. The van der Waals surface area contributed by atoms with Gasteiger partial charge in [0, 0.05) is 0 Å². The van der Waals surface area contributed by atoms with E-state index in [0.29, 0.717) is 12.8 Å². The van der Waals surface area contributed by atoms with Gasteiger partial charge >= 0.3 is 12.1 Å². The summed E-state index contributed by atoms with van der Waals surface area (Å²) in [5.41, 5.74) is -1.20. The highest BCUT2D eigenvalue weighted by molar-refractivity contribution is 5.84. The van der Waals surface area contributed by atoms with Gasteiger partial charge in [-0.05, 0) is 12.8 Å². The number of carbonyl (C=O) groups is 2. The fraction of sp³-hybridized carbons (Fsp3) is 0.750. The van der Waals surface area contributed by atoms with Gasteiger partial charge in [-0.3, -0.25) is 0 Å². The zero-order valence-corrected chi connectivity index (χ0v) is 8.09. The summed E-state index contributed by atoms with van der Waals surface area (Å²) in [5.74, 6) is -1.04. The molecule has 0 radical (unpaired) electrons. The molecule has 0 rings (SSSR count). The first-order valence-corrected chi connectivity index (χ1v) is 4.12. The number of hydrogen-bond acceptors (Lipinski definition) is 3. The van der Waals surface area contributed by atoms with Crippen LogP contribution < -0.4 is 5.32 Å². The molecular formula is C8H15NO4. The predicted octanol–water partition coefficient (Wildman–Crippen LogP) is 0.986. The van der Waals surface area contributed by atoms with Gasteiger partial charge in [-0.15, -0.1) is 0 Å². The first-order chi connectivity index (χ1) is 6.02. The maximum absolute atomic E-state index is 10.9. The van der Waals surface area contributed by atoms with E-state index in [-0.39, 0.29) is 0 Å². The van der Waals surface area contributed by atoms with E-state index in [1.807, 2.05) is 0 Å². The predicted molar refractivity (Wildman–Crippen MR) is 46.5 cm³/mol. The number of carbonyl (C=O) groups excluding carboxylic acids is 1. The Morgan fingerprint density at radius 3 is 2.08 bits per heavy atom. The van der Waals surface area contributed by atoms with Gasteiger partial charge in [0.1, 0.15) is 5.54 Å². The van der Waals surface area contributed by atoms with Gasteiger partial charge in [-0.2, -0.15) is 0 Å². The van der Waals surface area contributed by atoms with Gasteiger partial charge in [0.05, 0.1) is 7.11 Å². The number of hydrogen-bond donors (Lipinski definition) is 2. The minimum atomic E-state index is -1.20. The Labute approximate surface area is 77.1 Å². The van der Waals surface area contributed by atoms with E-state index >= 15 is 0 Å². The van der Waals surface area contributed by atoms with Crippen molar-refractivity contribution in [1.82, 2.24) is 5.32 Å². The highest BCUT2D eigenvalue weighted by Crippen LogP contribution is 2.15. The lowest BCUT2D eigenvalue weighted by Gasteiger charge is -2.26. The molecule has 0 saturated heterocycles. The summed E-state index contributed by atoms with van der Waals surface area (Å²) in [7, 11) is 1.20. The van der Waals surface area contributed by atoms with Crippen LogP contribution in [0.5, 0.6) is 0 Å². The van der Waals surface area contributed by atoms with Crippen LogP contribution in [0.15, 0.2) is 0 Å². The lowest BCUT2D eigenvalue weighted by molar-refractivity contribution is -0.145. The minimum Gasteiger partial charge on any atom is -0.480 e. The van der Waals surface area contributed by atoms with Crippen LogP contribution in [0.25, 0.3) is 0 Å². The molecule has 5 heteroatoms. The number of ether oxygens (including phenoxy) is 1. The second-order valence-corrected chi connectivity index (χ2v) is 2.71. The first kappa shape index (κ1) is 11.7. The zero-order chi connectivity index (χ0) is 10.5. The van der Waals surface area contributed by atoms with E-state index < -0.39 is 17.6 Å². The van der Waals surface area contributed by atoms with Crippen LogP contribution in [0.4, 0.5) is 4.79 Å². The molecule has 13 heavy (non-hydrogen) atoms. The third-order valence-electron chi connectivity index (χ3n) is 2.14. The van der Waals surface area contributed by atoms with E-state index in [1.165, 1.54) is 7.11 Å². The summed E-state index contributed by atoms with van der Waals surface area (Å²) in [6.07, 6.45) is -0.0619. The molecule has 1 amide bonds. The Balaban J connectivity index is 4.57. The van der Waals surface area contributed by atoms with Crippen molar-refractivity contribution in [2.24, 2.45) is 0 Å². The van der Waals surface area contributed by atoms with Crippen molar-refractivity contribution >= 4 is 12.1 Å². The number of alkyl carbamates (subject to hydrolysis) is 1. The Morgan fingerprint density at radius 2 is 1.85 bits per heavy atom. The normalized spacial score (nSPS) is 10.7. The number of amides is 1. The molecule has 0 atom stereocenters. The molecule has 5 nitrogen and oxygen atoms in total. The maximum atomic E-state index is 10.9. The fourth-order valence-electron chi connectivity index (χ4n) is 1.03. The molecule has 0 heterocycles. The molecule has 0 aromatic heterocycles. The molecule has 0 spiro atoms. The van der Waals surface area contributed by atoms with Crippen LogP contribution in [0.2, 0.25) is 0 Å². The topological polar surface area (TPSA) is 75.6 Å². The minimum absolute atomic E-state index is 0.327. The molecule has 0 aliphatic carbocycles. The smallest absolute Gasteiger partial charge is 0.407 e. The number of aliphatic carboxylic acids is 1. The Hall–Kier alpha value is -1.26. The molecular weight excluding hydrogens is 174 g/mol. The molecule has 0 fully saturated rings. The molecule has 0 bridgehead atoms. The van der Waals surface area contributed by atoms with E-state index in [2.05, 4.69) is 10.1 Å². The summed E-state index contributed by atoms with van der Waals surface area (Å²) in [6.45, 7) is 3.40. The van der Waals surface area contributed by atoms with Crippen LogP contribution >= 0.6 is 0 Å². The van der Waals surface area contributed by atoms with E-state index in [4.69, 9.17) is 5.11 Å². The third-order valence-corrected chi connectivity index (χ3v) is 2.14. The van der Waals surface area contributed by atoms with Crippen molar-refractivity contribution in [3.8, 4) is 0 Å². The van der Waals surface area contributed by atoms with Gasteiger partial charge in [0.25, 0.3) is 0 Å². The number of carboxylic acid groups (broad SMARTS) is 1. The number of carboxylic acids is 1. The molecule has 0 aliphatic rings. The van der Waals surface area contributed by atoms with Gasteiger partial charge in [0.2, 0.25) is 0 Å². The van der Waals surface area contributed by atoms with Crippen LogP contribution in [0.3, 0.4) is 0 Å². The zero-order valence-electron chi connectivity index (χ0n) is 8.09. The average Bonchev–Trinajstić information content (AvgIpc) is 2.13. The molecule has 0 unspecified atom stereocenters. The highest BCUT2D eigenvalue weighted by Gasteiger charge is 2.36. The monoisotopic (exact) mass is 189 g/mol. The summed E-state index contributed by atoms with van der Waals surface area (Å²) in [5, 5.41) is 11.2. The quantitative estimate of drug-likeness (QED) is 0.691. The Kier molecular flexibility index (Phi) is 4.23. The molecule has 0 saturated carbocycles. The lowest BCUT2D eigenvalue weighted by atomic mass is 9.93.